The van der Waals surface area contributed by atoms with Crippen LogP contribution in [0.5, 0.6) is 0 Å². The fourth-order valence-electron chi connectivity index (χ4n) is 2.63. The minimum absolute atomic E-state index is 0.102. The van der Waals surface area contributed by atoms with E-state index in [-0.39, 0.29) is 5.95 Å². The Morgan fingerprint density at radius 1 is 1.04 bits per heavy atom. The van der Waals surface area contributed by atoms with Crippen LogP contribution in [0.4, 0.5) is 24.8 Å². The molecule has 142 valence electrons. The maximum Gasteiger partial charge on any atom is 0.433 e. The Balaban J connectivity index is 1.63. The molecule has 4 aromatic rings. The van der Waals surface area contributed by atoms with Crippen molar-refractivity contribution in [3.8, 4) is 20.3 Å². The molecular weight excluding hydrogens is 405 g/mol. The lowest BCUT2D eigenvalue weighted by molar-refractivity contribution is -0.141. The average Bonchev–Trinajstić information content (AvgIpc) is 3.32. The number of thiophene rings is 1. The molecule has 0 spiro atoms. The van der Waals surface area contributed by atoms with Gasteiger partial charge in [-0.1, -0.05) is 12.1 Å². The van der Waals surface area contributed by atoms with Gasteiger partial charge in [-0.05, 0) is 47.7 Å². The lowest BCUT2D eigenvalue weighted by atomic mass is 10.1. The first-order chi connectivity index (χ1) is 13.4. The SMILES string of the molecule is Cc1cc(Nc2nccc(C(F)(F)F)n2)cc(-c2cnc(-c3cccs3)s2)c1. The van der Waals surface area contributed by atoms with E-state index in [1.54, 1.807) is 28.9 Å². The summed E-state index contributed by atoms with van der Waals surface area (Å²) < 4.78 is 38.6. The molecule has 0 aliphatic rings. The van der Waals surface area contributed by atoms with E-state index in [4.69, 9.17) is 0 Å². The first-order valence-corrected chi connectivity index (χ1v) is 9.87. The van der Waals surface area contributed by atoms with Gasteiger partial charge >= 0.3 is 6.18 Å². The summed E-state index contributed by atoms with van der Waals surface area (Å²) in [7, 11) is 0. The monoisotopic (exact) mass is 418 g/mol. The Hall–Kier alpha value is -2.78. The summed E-state index contributed by atoms with van der Waals surface area (Å²) in [5, 5.41) is 5.80. The zero-order valence-electron chi connectivity index (χ0n) is 14.5. The minimum atomic E-state index is -4.52. The first-order valence-electron chi connectivity index (χ1n) is 8.17. The molecule has 0 bridgehead atoms. The number of nitrogens with zero attached hydrogens (tertiary/aromatic N) is 3. The van der Waals surface area contributed by atoms with Gasteiger partial charge in [0.25, 0.3) is 0 Å². The van der Waals surface area contributed by atoms with E-state index in [1.165, 1.54) is 0 Å². The number of benzene rings is 1. The molecule has 0 saturated heterocycles. The van der Waals surface area contributed by atoms with E-state index >= 15 is 0 Å². The van der Waals surface area contributed by atoms with Crippen LogP contribution in [0.2, 0.25) is 0 Å². The third kappa shape index (κ3) is 4.05. The number of aryl methyl sites for hydroxylation is 1. The van der Waals surface area contributed by atoms with Crippen molar-refractivity contribution in [3.63, 3.8) is 0 Å². The molecule has 3 aromatic heterocycles. The normalized spacial score (nSPS) is 11.6. The molecule has 4 nitrogen and oxygen atoms in total. The predicted octanol–water partition coefficient (Wildman–Crippen LogP) is 6.40. The van der Waals surface area contributed by atoms with Crippen LogP contribution in [-0.2, 0) is 6.18 Å². The highest BCUT2D eigenvalue weighted by Crippen LogP contribution is 2.36. The van der Waals surface area contributed by atoms with Crippen LogP contribution in [0, 0.1) is 6.92 Å². The quantitative estimate of drug-likeness (QED) is 0.417. The summed E-state index contributed by atoms with van der Waals surface area (Å²) >= 11 is 3.19. The van der Waals surface area contributed by atoms with E-state index in [9.17, 15) is 13.2 Å². The zero-order chi connectivity index (χ0) is 19.7. The molecule has 1 N–H and O–H groups in total. The van der Waals surface area contributed by atoms with Crippen LogP contribution in [0.3, 0.4) is 0 Å². The highest BCUT2D eigenvalue weighted by molar-refractivity contribution is 7.22. The lowest BCUT2D eigenvalue weighted by Crippen LogP contribution is -2.10. The fourth-order valence-corrected chi connectivity index (χ4v) is 4.33. The minimum Gasteiger partial charge on any atom is -0.324 e. The molecule has 0 unspecified atom stereocenters. The molecule has 0 amide bonds. The Morgan fingerprint density at radius 3 is 2.64 bits per heavy atom. The molecule has 0 atom stereocenters. The molecule has 3 heterocycles. The molecular formula is C19H13F3N4S2. The number of hydrogen-bond acceptors (Lipinski definition) is 6. The number of aromatic nitrogens is 3. The van der Waals surface area contributed by atoms with Crippen molar-refractivity contribution >= 4 is 34.3 Å². The Labute approximate surface area is 166 Å². The third-order valence-corrected chi connectivity index (χ3v) is 5.89. The molecule has 9 heteroatoms. The van der Waals surface area contributed by atoms with E-state index in [0.29, 0.717) is 5.69 Å². The molecule has 28 heavy (non-hydrogen) atoms. The Morgan fingerprint density at radius 2 is 1.89 bits per heavy atom. The van der Waals surface area contributed by atoms with Crippen LogP contribution in [0.15, 0.2) is 54.2 Å². The van der Waals surface area contributed by atoms with Crippen molar-refractivity contribution < 1.29 is 13.2 Å². The topological polar surface area (TPSA) is 50.7 Å². The molecule has 0 aliphatic carbocycles. The lowest BCUT2D eigenvalue weighted by Gasteiger charge is -2.10. The number of alkyl halides is 3. The fraction of sp³-hybridized carbons (Fsp3) is 0.105. The van der Waals surface area contributed by atoms with Gasteiger partial charge in [-0.25, -0.2) is 15.0 Å². The Bertz CT molecular complexity index is 1100. The maximum atomic E-state index is 12.9. The van der Waals surface area contributed by atoms with Crippen LogP contribution in [-0.4, -0.2) is 15.0 Å². The number of nitrogens with one attached hydrogen (secondary N) is 1. The zero-order valence-corrected chi connectivity index (χ0v) is 16.1. The third-order valence-electron chi connectivity index (χ3n) is 3.80. The molecule has 0 radical (unpaired) electrons. The van der Waals surface area contributed by atoms with Gasteiger partial charge in [0.05, 0.1) is 9.75 Å². The number of anilines is 2. The van der Waals surface area contributed by atoms with E-state index in [1.807, 2.05) is 42.6 Å². The average molecular weight is 418 g/mol. The Kier molecular flexibility index (Phi) is 4.86. The maximum absolute atomic E-state index is 12.9. The van der Waals surface area contributed by atoms with E-state index in [0.717, 1.165) is 38.2 Å². The highest BCUT2D eigenvalue weighted by Gasteiger charge is 2.32. The second kappa shape index (κ2) is 7.33. The predicted molar refractivity (Wildman–Crippen MR) is 106 cm³/mol. The summed E-state index contributed by atoms with van der Waals surface area (Å²) in [4.78, 5) is 14.0. The van der Waals surface area contributed by atoms with Gasteiger partial charge in [0.1, 0.15) is 10.7 Å². The van der Waals surface area contributed by atoms with Crippen molar-refractivity contribution in [2.45, 2.75) is 13.1 Å². The van der Waals surface area contributed by atoms with Crippen molar-refractivity contribution in [1.29, 1.82) is 0 Å². The van der Waals surface area contributed by atoms with Gasteiger partial charge in [0.2, 0.25) is 5.95 Å². The van der Waals surface area contributed by atoms with Gasteiger partial charge in [0.15, 0.2) is 0 Å². The van der Waals surface area contributed by atoms with Crippen molar-refractivity contribution in [3.05, 3.63) is 65.4 Å². The molecule has 4 rings (SSSR count). The number of halogens is 3. The molecule has 0 saturated carbocycles. The van der Waals surface area contributed by atoms with Crippen molar-refractivity contribution in [2.24, 2.45) is 0 Å². The summed E-state index contributed by atoms with van der Waals surface area (Å²) in [6, 6.07) is 10.5. The van der Waals surface area contributed by atoms with E-state index in [2.05, 4.69) is 20.3 Å². The highest BCUT2D eigenvalue weighted by atomic mass is 32.1. The molecule has 0 fully saturated rings. The van der Waals surface area contributed by atoms with E-state index < -0.39 is 11.9 Å². The second-order valence-corrected chi connectivity index (χ2v) is 7.96. The smallest absolute Gasteiger partial charge is 0.324 e. The summed E-state index contributed by atoms with van der Waals surface area (Å²) in [5.74, 6) is -0.102. The summed E-state index contributed by atoms with van der Waals surface area (Å²) in [6.07, 6.45) is -1.62. The van der Waals surface area contributed by atoms with Crippen LogP contribution >= 0.6 is 22.7 Å². The number of hydrogen-bond donors (Lipinski definition) is 1. The summed E-state index contributed by atoms with van der Waals surface area (Å²) in [6.45, 7) is 1.92. The number of rotatable bonds is 4. The van der Waals surface area contributed by atoms with Crippen molar-refractivity contribution in [2.75, 3.05) is 5.32 Å². The first kappa shape index (κ1) is 18.6. The largest absolute Gasteiger partial charge is 0.433 e. The van der Waals surface area contributed by atoms with Crippen LogP contribution in [0.25, 0.3) is 20.3 Å². The standard InChI is InChI=1S/C19H13F3N4S2/c1-11-7-12(15-10-24-17(28-15)14-3-2-6-27-14)9-13(8-11)25-18-23-5-4-16(26-18)19(20,21)22/h2-10H,1H3,(H,23,25,26). The number of thiazole rings is 1. The van der Waals surface area contributed by atoms with Gasteiger partial charge < -0.3 is 5.32 Å². The van der Waals surface area contributed by atoms with Crippen LogP contribution < -0.4 is 5.32 Å². The van der Waals surface area contributed by atoms with Crippen molar-refractivity contribution in [1.82, 2.24) is 15.0 Å². The summed E-state index contributed by atoms with van der Waals surface area (Å²) in [5.41, 5.74) is 1.51. The van der Waals surface area contributed by atoms with Gasteiger partial charge in [0, 0.05) is 18.1 Å². The molecule has 0 aliphatic heterocycles. The van der Waals surface area contributed by atoms with Gasteiger partial charge in [-0.3, -0.25) is 0 Å². The molecule has 1 aromatic carbocycles. The van der Waals surface area contributed by atoms with Gasteiger partial charge in [-0.15, -0.1) is 22.7 Å². The van der Waals surface area contributed by atoms with Gasteiger partial charge in [-0.2, -0.15) is 13.2 Å². The second-order valence-electron chi connectivity index (χ2n) is 5.98. The van der Waals surface area contributed by atoms with Crippen LogP contribution in [0.1, 0.15) is 11.3 Å².